The number of rotatable bonds is 4. The van der Waals surface area contributed by atoms with Crippen LogP contribution in [0.15, 0.2) is 30.5 Å². The number of aliphatic hydroxyl groups excluding tert-OH is 1. The largest absolute Gasteiger partial charge is 0.491 e. The summed E-state index contributed by atoms with van der Waals surface area (Å²) in [4.78, 5) is 0. The molecule has 2 atom stereocenters. The van der Waals surface area contributed by atoms with Crippen molar-refractivity contribution in [2.45, 2.75) is 38.5 Å². The summed E-state index contributed by atoms with van der Waals surface area (Å²) >= 11 is 0. The lowest BCUT2D eigenvalue weighted by atomic mass is 10.0. The predicted octanol–water partition coefficient (Wildman–Crippen LogP) is 2.20. The standard InChI is InChI=1S/C18H21N5O2/c1-10(2)25-12-3-4-14-13(8-12)17(23-22-14)11-7-15(21-20-9-11)18-16(24)5-6-19-18/h3-4,7-10,16,18-19,24H,5-6H2,1-2H3,(H,22,23). The summed E-state index contributed by atoms with van der Waals surface area (Å²) in [5, 5.41) is 30.1. The van der Waals surface area contributed by atoms with Crippen LogP contribution in [-0.4, -0.2) is 44.3 Å². The molecule has 0 bridgehead atoms. The normalized spacial score (nSPS) is 20.5. The van der Waals surface area contributed by atoms with Crippen LogP contribution in [0.3, 0.4) is 0 Å². The Bertz CT molecular complexity index is 892. The van der Waals surface area contributed by atoms with Gasteiger partial charge in [-0.05, 0) is 51.1 Å². The van der Waals surface area contributed by atoms with Gasteiger partial charge in [-0.3, -0.25) is 5.10 Å². The van der Waals surface area contributed by atoms with E-state index in [2.05, 4.69) is 25.7 Å². The van der Waals surface area contributed by atoms with E-state index in [1.807, 2.05) is 38.1 Å². The van der Waals surface area contributed by atoms with Crippen molar-refractivity contribution in [3.63, 3.8) is 0 Å². The summed E-state index contributed by atoms with van der Waals surface area (Å²) < 4.78 is 5.79. The molecule has 3 heterocycles. The maximum absolute atomic E-state index is 10.1. The molecule has 1 aliphatic rings. The Balaban J connectivity index is 1.74. The SMILES string of the molecule is CC(C)Oc1ccc2[nH]nc(-c3cnnc(C4NCCC4O)c3)c2c1. The Morgan fingerprint density at radius 1 is 1.28 bits per heavy atom. The van der Waals surface area contributed by atoms with Crippen LogP contribution in [-0.2, 0) is 0 Å². The Hall–Kier alpha value is -2.51. The van der Waals surface area contributed by atoms with Gasteiger partial charge in [0, 0.05) is 10.9 Å². The maximum atomic E-state index is 10.1. The van der Waals surface area contributed by atoms with Gasteiger partial charge < -0.3 is 15.2 Å². The molecule has 3 N–H and O–H groups in total. The number of H-pyrrole nitrogens is 1. The van der Waals surface area contributed by atoms with E-state index in [-0.39, 0.29) is 12.1 Å². The zero-order chi connectivity index (χ0) is 17.4. The minimum absolute atomic E-state index is 0.108. The first-order chi connectivity index (χ1) is 12.1. The first-order valence-electron chi connectivity index (χ1n) is 8.51. The Morgan fingerprint density at radius 2 is 2.16 bits per heavy atom. The maximum Gasteiger partial charge on any atom is 0.120 e. The molecule has 0 radical (unpaired) electrons. The number of aromatic amines is 1. The summed E-state index contributed by atoms with van der Waals surface area (Å²) in [6.45, 7) is 4.78. The topological polar surface area (TPSA) is 96.0 Å². The van der Waals surface area contributed by atoms with Crippen molar-refractivity contribution in [2.75, 3.05) is 6.54 Å². The van der Waals surface area contributed by atoms with Crippen molar-refractivity contribution in [2.24, 2.45) is 0 Å². The lowest BCUT2D eigenvalue weighted by molar-refractivity contribution is 0.158. The fraction of sp³-hybridized carbons (Fsp3) is 0.389. The molecule has 1 aromatic carbocycles. The number of aromatic nitrogens is 4. The van der Waals surface area contributed by atoms with Crippen LogP contribution < -0.4 is 10.1 Å². The minimum atomic E-state index is -0.438. The van der Waals surface area contributed by atoms with Gasteiger partial charge in [-0.15, -0.1) is 0 Å². The zero-order valence-electron chi connectivity index (χ0n) is 14.2. The second kappa shape index (κ2) is 6.42. The number of fused-ring (bicyclic) bond motifs is 1. The van der Waals surface area contributed by atoms with Crippen molar-refractivity contribution >= 4 is 10.9 Å². The molecule has 1 aliphatic heterocycles. The fourth-order valence-electron chi connectivity index (χ4n) is 3.21. The Kier molecular flexibility index (Phi) is 4.10. The van der Waals surface area contributed by atoms with Gasteiger partial charge >= 0.3 is 0 Å². The first-order valence-corrected chi connectivity index (χ1v) is 8.51. The molecule has 130 valence electrons. The monoisotopic (exact) mass is 339 g/mol. The summed E-state index contributed by atoms with van der Waals surface area (Å²) in [7, 11) is 0. The number of hydrogen-bond donors (Lipinski definition) is 3. The van der Waals surface area contributed by atoms with Crippen LogP contribution in [0.1, 0.15) is 32.0 Å². The number of benzene rings is 1. The average Bonchev–Trinajstić information content (AvgIpc) is 3.20. The molecule has 2 aromatic heterocycles. The summed E-state index contributed by atoms with van der Waals surface area (Å²) in [6, 6.07) is 7.63. The van der Waals surface area contributed by atoms with Crippen LogP contribution in [0.25, 0.3) is 22.2 Å². The quantitative estimate of drug-likeness (QED) is 0.674. The Labute approximate surface area is 145 Å². The smallest absolute Gasteiger partial charge is 0.120 e. The predicted molar refractivity (Wildman–Crippen MR) is 94.3 cm³/mol. The van der Waals surface area contributed by atoms with Gasteiger partial charge in [0.1, 0.15) is 11.4 Å². The number of nitrogens with one attached hydrogen (secondary N) is 2. The molecule has 4 rings (SSSR count). The van der Waals surface area contributed by atoms with Crippen molar-refractivity contribution in [1.29, 1.82) is 0 Å². The van der Waals surface area contributed by atoms with Gasteiger partial charge in [0.25, 0.3) is 0 Å². The Morgan fingerprint density at radius 3 is 2.92 bits per heavy atom. The minimum Gasteiger partial charge on any atom is -0.491 e. The van der Waals surface area contributed by atoms with Crippen LogP contribution in [0.4, 0.5) is 0 Å². The molecule has 3 aromatic rings. The number of ether oxygens (including phenoxy) is 1. The second-order valence-electron chi connectivity index (χ2n) is 6.60. The molecule has 0 amide bonds. The van der Waals surface area contributed by atoms with E-state index in [0.29, 0.717) is 0 Å². The zero-order valence-corrected chi connectivity index (χ0v) is 14.2. The molecule has 7 nitrogen and oxygen atoms in total. The molecule has 1 fully saturated rings. The highest BCUT2D eigenvalue weighted by molar-refractivity contribution is 5.93. The van der Waals surface area contributed by atoms with Crippen LogP contribution in [0.5, 0.6) is 5.75 Å². The van der Waals surface area contributed by atoms with Crippen LogP contribution in [0, 0.1) is 0 Å². The second-order valence-corrected chi connectivity index (χ2v) is 6.60. The summed E-state index contributed by atoms with van der Waals surface area (Å²) in [5.74, 6) is 0.806. The van der Waals surface area contributed by atoms with Crippen molar-refractivity contribution in [1.82, 2.24) is 25.7 Å². The van der Waals surface area contributed by atoms with Gasteiger partial charge in [0.2, 0.25) is 0 Å². The molecule has 7 heteroatoms. The number of aliphatic hydroxyl groups is 1. The van der Waals surface area contributed by atoms with E-state index in [0.717, 1.165) is 46.6 Å². The highest BCUT2D eigenvalue weighted by Gasteiger charge is 2.28. The number of nitrogens with zero attached hydrogens (tertiary/aromatic N) is 3. The fourth-order valence-corrected chi connectivity index (χ4v) is 3.21. The highest BCUT2D eigenvalue weighted by atomic mass is 16.5. The van der Waals surface area contributed by atoms with Crippen LogP contribution in [0.2, 0.25) is 0 Å². The number of hydrogen-bond acceptors (Lipinski definition) is 6. The van der Waals surface area contributed by atoms with Gasteiger partial charge in [-0.2, -0.15) is 15.3 Å². The first kappa shape index (κ1) is 16.0. The van der Waals surface area contributed by atoms with Gasteiger partial charge in [-0.1, -0.05) is 0 Å². The van der Waals surface area contributed by atoms with E-state index in [9.17, 15) is 5.11 Å². The molecule has 25 heavy (non-hydrogen) atoms. The van der Waals surface area contributed by atoms with Gasteiger partial charge in [0.15, 0.2) is 0 Å². The lowest BCUT2D eigenvalue weighted by Crippen LogP contribution is -2.22. The van der Waals surface area contributed by atoms with E-state index in [1.54, 1.807) is 6.20 Å². The summed E-state index contributed by atoms with van der Waals surface area (Å²) in [6.07, 6.45) is 2.08. The van der Waals surface area contributed by atoms with E-state index >= 15 is 0 Å². The molecular weight excluding hydrogens is 318 g/mol. The third-order valence-corrected chi connectivity index (χ3v) is 4.36. The van der Waals surface area contributed by atoms with E-state index in [4.69, 9.17) is 4.74 Å². The average molecular weight is 339 g/mol. The molecule has 0 spiro atoms. The van der Waals surface area contributed by atoms with Crippen LogP contribution >= 0.6 is 0 Å². The molecule has 2 unspecified atom stereocenters. The molecule has 1 saturated heterocycles. The lowest BCUT2D eigenvalue weighted by Gasteiger charge is -2.13. The molecule has 0 saturated carbocycles. The van der Waals surface area contributed by atoms with Crippen molar-refractivity contribution < 1.29 is 9.84 Å². The van der Waals surface area contributed by atoms with Gasteiger partial charge in [-0.25, -0.2) is 0 Å². The van der Waals surface area contributed by atoms with Crippen molar-refractivity contribution in [3.05, 3.63) is 36.2 Å². The van der Waals surface area contributed by atoms with E-state index in [1.165, 1.54) is 0 Å². The summed E-state index contributed by atoms with van der Waals surface area (Å²) in [5.41, 5.74) is 3.32. The highest BCUT2D eigenvalue weighted by Crippen LogP contribution is 2.31. The molecular formula is C18H21N5O2. The third kappa shape index (κ3) is 3.08. The van der Waals surface area contributed by atoms with Crippen molar-refractivity contribution in [3.8, 4) is 17.0 Å². The van der Waals surface area contributed by atoms with Gasteiger partial charge in [0.05, 0.1) is 35.7 Å². The molecule has 0 aliphatic carbocycles. The third-order valence-electron chi connectivity index (χ3n) is 4.36. The van der Waals surface area contributed by atoms with E-state index < -0.39 is 6.10 Å².